The van der Waals surface area contributed by atoms with Crippen LogP contribution < -0.4 is 0 Å². The van der Waals surface area contributed by atoms with Gasteiger partial charge in [0.1, 0.15) is 22.9 Å². The van der Waals surface area contributed by atoms with E-state index in [0.717, 1.165) is 83.5 Å². The van der Waals surface area contributed by atoms with Crippen molar-refractivity contribution < 1.29 is 0 Å². The van der Waals surface area contributed by atoms with Gasteiger partial charge < -0.3 is 0 Å². The zero-order valence-corrected chi connectivity index (χ0v) is 28.1. The minimum absolute atomic E-state index is 0.0774. The Morgan fingerprint density at radius 2 is 1.02 bits per heavy atom. The molecule has 4 aromatic heterocycles. The number of para-hydroxylation sites is 3. The third-order valence-electron chi connectivity index (χ3n) is 9.49. The predicted molar refractivity (Wildman–Crippen MR) is 198 cm³/mol. The average molecular weight is 625 g/mol. The van der Waals surface area contributed by atoms with Gasteiger partial charge >= 0.3 is 0 Å². The monoisotopic (exact) mass is 624 g/mol. The van der Waals surface area contributed by atoms with Crippen LogP contribution >= 0.6 is 0 Å². The minimum Gasteiger partial charge on any atom is -0.279 e. The standard InChI is InChI=1S/C42H36N6/c1-41(2,3)28-19-15-25(16-20-28)37-43-31-12-8-7-11-29(31)38-45-34-24-27(18-22-36(34)47(37)38)26-17-21-30-33(23-26)46-40(42(4,5)6)48-35-14-10-9-13-32(35)44-39(30)48/h7-24H,1-6H3. The fourth-order valence-electron chi connectivity index (χ4n) is 6.97. The van der Waals surface area contributed by atoms with Crippen LogP contribution in [0.2, 0.25) is 0 Å². The lowest BCUT2D eigenvalue weighted by Gasteiger charge is -2.21. The van der Waals surface area contributed by atoms with E-state index in [1.54, 1.807) is 0 Å². The maximum absolute atomic E-state index is 5.28. The number of fused-ring (bicyclic) bond motifs is 10. The molecule has 0 saturated heterocycles. The van der Waals surface area contributed by atoms with Gasteiger partial charge in [-0.25, -0.2) is 19.9 Å². The molecule has 0 amide bonds. The van der Waals surface area contributed by atoms with E-state index in [-0.39, 0.29) is 10.8 Å². The predicted octanol–water partition coefficient (Wildman–Crippen LogP) is 10.3. The number of hydrogen-bond acceptors (Lipinski definition) is 4. The van der Waals surface area contributed by atoms with E-state index in [2.05, 4.69) is 147 Å². The van der Waals surface area contributed by atoms with Crippen LogP contribution in [0.1, 0.15) is 52.9 Å². The SMILES string of the molecule is CC(C)(C)c1ccc(-c2nc3ccccc3c3nc4cc(-c5ccc6c(c5)nc(C(C)(C)C)n5c7ccccc7nc65)ccc4n23)cc1. The molecule has 4 heterocycles. The molecule has 9 rings (SSSR count). The van der Waals surface area contributed by atoms with E-state index in [1.165, 1.54) is 5.56 Å². The molecule has 9 aromatic rings. The quantitative estimate of drug-likeness (QED) is 0.192. The third-order valence-corrected chi connectivity index (χ3v) is 9.49. The molecule has 6 nitrogen and oxygen atoms in total. The van der Waals surface area contributed by atoms with Crippen LogP contribution in [0.3, 0.4) is 0 Å². The van der Waals surface area contributed by atoms with E-state index in [9.17, 15) is 0 Å². The molecule has 48 heavy (non-hydrogen) atoms. The lowest BCUT2D eigenvalue weighted by Crippen LogP contribution is -2.19. The molecule has 0 bridgehead atoms. The third kappa shape index (κ3) is 4.32. The summed E-state index contributed by atoms with van der Waals surface area (Å²) in [7, 11) is 0. The number of rotatable bonds is 2. The molecule has 0 aliphatic heterocycles. The second kappa shape index (κ2) is 9.94. The zero-order chi connectivity index (χ0) is 32.9. The largest absolute Gasteiger partial charge is 0.279 e. The van der Waals surface area contributed by atoms with Crippen LogP contribution in [0.15, 0.2) is 109 Å². The first-order chi connectivity index (χ1) is 23.0. The van der Waals surface area contributed by atoms with Crippen molar-refractivity contribution in [3.63, 3.8) is 0 Å². The van der Waals surface area contributed by atoms with Crippen LogP contribution in [0, 0.1) is 0 Å². The number of nitrogens with zero attached hydrogens (tertiary/aromatic N) is 6. The van der Waals surface area contributed by atoms with Gasteiger partial charge in [-0.05, 0) is 70.6 Å². The van der Waals surface area contributed by atoms with Crippen LogP contribution in [-0.4, -0.2) is 28.7 Å². The van der Waals surface area contributed by atoms with E-state index >= 15 is 0 Å². The molecule has 0 spiro atoms. The van der Waals surface area contributed by atoms with Crippen molar-refractivity contribution in [3.8, 4) is 22.5 Å². The van der Waals surface area contributed by atoms with Crippen LogP contribution in [0.25, 0.3) is 77.7 Å². The summed E-state index contributed by atoms with van der Waals surface area (Å²) >= 11 is 0. The summed E-state index contributed by atoms with van der Waals surface area (Å²) in [5.74, 6) is 1.88. The van der Waals surface area contributed by atoms with Gasteiger partial charge in [-0.2, -0.15) is 0 Å². The van der Waals surface area contributed by atoms with Crippen LogP contribution in [0.5, 0.6) is 0 Å². The Bertz CT molecular complexity index is 2730. The summed E-state index contributed by atoms with van der Waals surface area (Å²) in [5.41, 5.74) is 12.2. The Labute approximate surface area is 278 Å². The smallest absolute Gasteiger partial charge is 0.149 e. The fourth-order valence-corrected chi connectivity index (χ4v) is 6.97. The number of benzene rings is 5. The normalized spacial score (nSPS) is 12.8. The second-order valence-electron chi connectivity index (χ2n) is 14.9. The van der Waals surface area contributed by atoms with E-state index in [1.807, 2.05) is 12.1 Å². The summed E-state index contributed by atoms with van der Waals surface area (Å²) < 4.78 is 4.44. The Balaban J connectivity index is 1.24. The summed E-state index contributed by atoms with van der Waals surface area (Å²) in [6, 6.07) is 38.5. The Morgan fingerprint density at radius 3 is 1.77 bits per heavy atom. The Morgan fingerprint density at radius 1 is 0.438 bits per heavy atom. The van der Waals surface area contributed by atoms with Crippen molar-refractivity contribution in [2.45, 2.75) is 52.4 Å². The van der Waals surface area contributed by atoms with Gasteiger partial charge in [0.05, 0.1) is 33.1 Å². The molecule has 0 N–H and O–H groups in total. The lowest BCUT2D eigenvalue weighted by molar-refractivity contribution is 0.542. The topological polar surface area (TPSA) is 60.4 Å². The first-order valence-corrected chi connectivity index (χ1v) is 16.6. The highest BCUT2D eigenvalue weighted by Gasteiger charge is 2.24. The average Bonchev–Trinajstić information content (AvgIpc) is 3.66. The van der Waals surface area contributed by atoms with Gasteiger partial charge in [-0.1, -0.05) is 102 Å². The van der Waals surface area contributed by atoms with Crippen molar-refractivity contribution in [2.75, 3.05) is 0 Å². The first kappa shape index (κ1) is 28.6. The maximum atomic E-state index is 5.28. The van der Waals surface area contributed by atoms with Crippen LogP contribution in [-0.2, 0) is 10.8 Å². The van der Waals surface area contributed by atoms with Crippen molar-refractivity contribution in [3.05, 3.63) is 121 Å². The summed E-state index contributed by atoms with van der Waals surface area (Å²) in [6.45, 7) is 13.4. The van der Waals surface area contributed by atoms with E-state index in [0.29, 0.717) is 0 Å². The molecule has 0 fully saturated rings. The highest BCUT2D eigenvalue weighted by molar-refractivity contribution is 6.01. The fraction of sp³-hybridized carbons (Fsp3) is 0.190. The molecule has 0 atom stereocenters. The maximum Gasteiger partial charge on any atom is 0.149 e. The number of imidazole rings is 2. The summed E-state index contributed by atoms with van der Waals surface area (Å²) in [6.07, 6.45) is 0. The second-order valence-corrected chi connectivity index (χ2v) is 14.9. The van der Waals surface area contributed by atoms with E-state index in [4.69, 9.17) is 19.9 Å². The van der Waals surface area contributed by atoms with Gasteiger partial charge in [0, 0.05) is 21.8 Å². The van der Waals surface area contributed by atoms with Gasteiger partial charge in [0.2, 0.25) is 0 Å². The molecule has 0 saturated carbocycles. The van der Waals surface area contributed by atoms with Crippen molar-refractivity contribution in [1.29, 1.82) is 0 Å². The molecule has 234 valence electrons. The molecule has 6 heteroatoms. The van der Waals surface area contributed by atoms with Gasteiger partial charge in [0.15, 0.2) is 0 Å². The first-order valence-electron chi connectivity index (χ1n) is 16.6. The zero-order valence-electron chi connectivity index (χ0n) is 28.1. The molecular weight excluding hydrogens is 589 g/mol. The molecular formula is C42H36N6. The highest BCUT2D eigenvalue weighted by Crippen LogP contribution is 2.35. The van der Waals surface area contributed by atoms with Crippen molar-refractivity contribution in [1.82, 2.24) is 28.7 Å². The molecule has 0 aliphatic carbocycles. The Hall–Kier alpha value is -5.62. The van der Waals surface area contributed by atoms with Gasteiger partial charge in [0.25, 0.3) is 0 Å². The van der Waals surface area contributed by atoms with Gasteiger partial charge in [-0.3, -0.25) is 8.80 Å². The summed E-state index contributed by atoms with van der Waals surface area (Å²) in [4.78, 5) is 20.8. The lowest BCUT2D eigenvalue weighted by atomic mass is 9.86. The molecule has 0 aliphatic rings. The Kier molecular flexibility index (Phi) is 5.92. The molecule has 0 unspecified atom stereocenters. The minimum atomic E-state index is -0.178. The van der Waals surface area contributed by atoms with Crippen molar-refractivity contribution >= 4 is 55.2 Å². The van der Waals surface area contributed by atoms with Crippen LogP contribution in [0.4, 0.5) is 0 Å². The number of hydrogen-bond donors (Lipinski definition) is 0. The highest BCUT2D eigenvalue weighted by atomic mass is 15.1. The molecule has 0 radical (unpaired) electrons. The van der Waals surface area contributed by atoms with Crippen molar-refractivity contribution in [2.24, 2.45) is 0 Å². The summed E-state index contributed by atoms with van der Waals surface area (Å²) in [5, 5.41) is 2.07. The van der Waals surface area contributed by atoms with E-state index < -0.39 is 0 Å². The number of aromatic nitrogens is 6. The van der Waals surface area contributed by atoms with Gasteiger partial charge in [-0.15, -0.1) is 0 Å². The molecule has 5 aromatic carbocycles.